The Balaban J connectivity index is 2.31. The Kier molecular flexibility index (Phi) is 5.42. The molecule has 0 fully saturated rings. The van der Waals surface area contributed by atoms with Gasteiger partial charge in [-0.2, -0.15) is 0 Å². The standard InChI is InChI=1S/C15H17Cl2N3O2/c1-3-10(4-2)19-13(21)7-20-8-18-14-11(15(20)22)5-9(16)6-12(14)17/h5-6,8,10H,3-4,7H2,1-2H3,(H,19,21). The molecule has 1 heterocycles. The first-order valence-electron chi connectivity index (χ1n) is 7.09. The Morgan fingerprint density at radius 2 is 2.00 bits per heavy atom. The molecule has 0 radical (unpaired) electrons. The average Bonchev–Trinajstić information content (AvgIpc) is 2.48. The third-order valence-electron chi connectivity index (χ3n) is 3.51. The monoisotopic (exact) mass is 341 g/mol. The molecule has 2 aromatic rings. The molecule has 118 valence electrons. The van der Waals surface area contributed by atoms with E-state index in [9.17, 15) is 9.59 Å². The highest BCUT2D eigenvalue weighted by Gasteiger charge is 2.13. The maximum Gasteiger partial charge on any atom is 0.261 e. The van der Waals surface area contributed by atoms with Crippen LogP contribution in [0.4, 0.5) is 0 Å². The van der Waals surface area contributed by atoms with E-state index in [0.717, 1.165) is 12.8 Å². The van der Waals surface area contributed by atoms with Gasteiger partial charge < -0.3 is 5.32 Å². The van der Waals surface area contributed by atoms with Crippen molar-refractivity contribution in [3.8, 4) is 0 Å². The third kappa shape index (κ3) is 3.59. The lowest BCUT2D eigenvalue weighted by Crippen LogP contribution is -2.38. The van der Waals surface area contributed by atoms with Crippen LogP contribution in [-0.2, 0) is 11.3 Å². The number of hydrogen-bond donors (Lipinski definition) is 1. The fourth-order valence-corrected chi connectivity index (χ4v) is 2.77. The summed E-state index contributed by atoms with van der Waals surface area (Å²) in [5.41, 5.74) is 0.0433. The van der Waals surface area contributed by atoms with Crippen LogP contribution in [0.5, 0.6) is 0 Å². The van der Waals surface area contributed by atoms with Crippen LogP contribution in [0.1, 0.15) is 26.7 Å². The SMILES string of the molecule is CCC(CC)NC(=O)Cn1cnc2c(Cl)cc(Cl)cc2c1=O. The minimum absolute atomic E-state index is 0.0809. The second-order valence-electron chi connectivity index (χ2n) is 5.04. The summed E-state index contributed by atoms with van der Waals surface area (Å²) < 4.78 is 1.26. The van der Waals surface area contributed by atoms with Gasteiger partial charge in [-0.3, -0.25) is 14.2 Å². The zero-order chi connectivity index (χ0) is 16.3. The molecular weight excluding hydrogens is 325 g/mol. The fourth-order valence-electron chi connectivity index (χ4n) is 2.23. The van der Waals surface area contributed by atoms with Crippen LogP contribution in [-0.4, -0.2) is 21.5 Å². The highest BCUT2D eigenvalue weighted by molar-refractivity contribution is 6.38. The van der Waals surface area contributed by atoms with Crippen molar-refractivity contribution >= 4 is 40.0 Å². The predicted octanol–water partition coefficient (Wildman–Crippen LogP) is 3.01. The molecule has 2 rings (SSSR count). The van der Waals surface area contributed by atoms with E-state index in [-0.39, 0.29) is 24.1 Å². The van der Waals surface area contributed by atoms with Crippen LogP contribution in [0.2, 0.25) is 10.0 Å². The topological polar surface area (TPSA) is 64.0 Å². The Labute approximate surface area is 138 Å². The highest BCUT2D eigenvalue weighted by Crippen LogP contribution is 2.23. The lowest BCUT2D eigenvalue weighted by molar-refractivity contribution is -0.122. The number of nitrogens with zero attached hydrogens (tertiary/aromatic N) is 2. The lowest BCUT2D eigenvalue weighted by Gasteiger charge is -2.15. The van der Waals surface area contributed by atoms with Crippen LogP contribution in [0.3, 0.4) is 0 Å². The van der Waals surface area contributed by atoms with Crippen LogP contribution in [0.15, 0.2) is 23.3 Å². The molecule has 0 saturated carbocycles. The average molecular weight is 342 g/mol. The molecule has 5 nitrogen and oxygen atoms in total. The Morgan fingerprint density at radius 1 is 1.32 bits per heavy atom. The largest absolute Gasteiger partial charge is 0.352 e. The molecule has 1 aromatic carbocycles. The van der Waals surface area contributed by atoms with Gasteiger partial charge in [0.2, 0.25) is 5.91 Å². The smallest absolute Gasteiger partial charge is 0.261 e. The first kappa shape index (κ1) is 16.8. The van der Waals surface area contributed by atoms with E-state index >= 15 is 0 Å². The molecule has 0 aliphatic rings. The predicted molar refractivity (Wildman–Crippen MR) is 88.5 cm³/mol. The molecule has 0 bridgehead atoms. The molecule has 22 heavy (non-hydrogen) atoms. The van der Waals surface area contributed by atoms with Gasteiger partial charge in [-0.1, -0.05) is 37.0 Å². The number of aromatic nitrogens is 2. The molecule has 0 saturated heterocycles. The van der Waals surface area contributed by atoms with Crippen molar-refractivity contribution in [2.75, 3.05) is 0 Å². The van der Waals surface area contributed by atoms with Gasteiger partial charge in [0.25, 0.3) is 5.56 Å². The maximum atomic E-state index is 12.4. The quantitative estimate of drug-likeness (QED) is 0.908. The lowest BCUT2D eigenvalue weighted by atomic mass is 10.2. The van der Waals surface area contributed by atoms with Gasteiger partial charge in [-0.25, -0.2) is 4.98 Å². The summed E-state index contributed by atoms with van der Waals surface area (Å²) in [7, 11) is 0. The number of carbonyl (C=O) groups excluding carboxylic acids is 1. The first-order chi connectivity index (χ1) is 10.5. The summed E-state index contributed by atoms with van der Waals surface area (Å²) >= 11 is 11.9. The van der Waals surface area contributed by atoms with Gasteiger partial charge in [-0.05, 0) is 25.0 Å². The zero-order valence-electron chi connectivity index (χ0n) is 12.4. The van der Waals surface area contributed by atoms with E-state index in [2.05, 4.69) is 10.3 Å². The molecule has 0 aliphatic heterocycles. The summed E-state index contributed by atoms with van der Waals surface area (Å²) in [4.78, 5) is 28.6. The number of rotatable bonds is 5. The Bertz CT molecular complexity index is 754. The third-order valence-corrected chi connectivity index (χ3v) is 4.02. The normalized spacial score (nSPS) is 11.1. The van der Waals surface area contributed by atoms with E-state index in [4.69, 9.17) is 23.2 Å². The zero-order valence-corrected chi connectivity index (χ0v) is 13.9. The van der Waals surface area contributed by atoms with Gasteiger partial charge in [0, 0.05) is 11.1 Å². The van der Waals surface area contributed by atoms with E-state index in [0.29, 0.717) is 20.9 Å². The number of benzene rings is 1. The second kappa shape index (κ2) is 7.11. The van der Waals surface area contributed by atoms with Gasteiger partial charge in [-0.15, -0.1) is 0 Å². The van der Waals surface area contributed by atoms with Crippen molar-refractivity contribution in [3.05, 3.63) is 38.9 Å². The van der Waals surface area contributed by atoms with Crippen LogP contribution in [0, 0.1) is 0 Å². The van der Waals surface area contributed by atoms with Crippen LogP contribution in [0.25, 0.3) is 10.9 Å². The molecule has 0 unspecified atom stereocenters. The minimum Gasteiger partial charge on any atom is -0.352 e. The van der Waals surface area contributed by atoms with Gasteiger partial charge in [0.1, 0.15) is 6.54 Å². The summed E-state index contributed by atoms with van der Waals surface area (Å²) in [6.07, 6.45) is 3.02. The Morgan fingerprint density at radius 3 is 2.64 bits per heavy atom. The molecule has 0 aliphatic carbocycles. The number of fused-ring (bicyclic) bond motifs is 1. The van der Waals surface area contributed by atoms with E-state index in [1.165, 1.54) is 23.0 Å². The maximum absolute atomic E-state index is 12.4. The number of hydrogen-bond acceptors (Lipinski definition) is 3. The number of nitrogens with one attached hydrogen (secondary N) is 1. The molecule has 1 N–H and O–H groups in total. The molecule has 7 heteroatoms. The second-order valence-corrected chi connectivity index (χ2v) is 5.89. The summed E-state index contributed by atoms with van der Waals surface area (Å²) in [5, 5.41) is 3.86. The Hall–Kier alpha value is -1.59. The summed E-state index contributed by atoms with van der Waals surface area (Å²) in [6.45, 7) is 3.92. The molecule has 1 amide bonds. The highest BCUT2D eigenvalue weighted by atomic mass is 35.5. The van der Waals surface area contributed by atoms with Crippen molar-refractivity contribution in [3.63, 3.8) is 0 Å². The molecule has 1 aromatic heterocycles. The van der Waals surface area contributed by atoms with Gasteiger partial charge >= 0.3 is 0 Å². The van der Waals surface area contributed by atoms with Crippen molar-refractivity contribution in [1.82, 2.24) is 14.9 Å². The van der Waals surface area contributed by atoms with Gasteiger partial charge in [0.15, 0.2) is 0 Å². The molecule has 0 spiro atoms. The van der Waals surface area contributed by atoms with Crippen LogP contribution < -0.4 is 10.9 Å². The van der Waals surface area contributed by atoms with Crippen molar-refractivity contribution in [2.24, 2.45) is 0 Å². The molecular formula is C15H17Cl2N3O2. The van der Waals surface area contributed by atoms with E-state index < -0.39 is 0 Å². The van der Waals surface area contributed by atoms with E-state index in [1.807, 2.05) is 13.8 Å². The van der Waals surface area contributed by atoms with Gasteiger partial charge in [0.05, 0.1) is 22.3 Å². The van der Waals surface area contributed by atoms with Crippen molar-refractivity contribution in [2.45, 2.75) is 39.3 Å². The number of halogens is 2. The number of amides is 1. The summed E-state index contributed by atoms with van der Waals surface area (Å²) in [6, 6.07) is 3.15. The summed E-state index contributed by atoms with van der Waals surface area (Å²) in [5.74, 6) is -0.218. The number of carbonyl (C=O) groups is 1. The minimum atomic E-state index is -0.339. The van der Waals surface area contributed by atoms with Crippen molar-refractivity contribution in [1.29, 1.82) is 0 Å². The first-order valence-corrected chi connectivity index (χ1v) is 7.85. The molecule has 0 atom stereocenters. The van der Waals surface area contributed by atoms with Crippen LogP contribution >= 0.6 is 23.2 Å². The fraction of sp³-hybridized carbons (Fsp3) is 0.400. The van der Waals surface area contributed by atoms with E-state index in [1.54, 1.807) is 0 Å². The van der Waals surface area contributed by atoms with Crippen molar-refractivity contribution < 1.29 is 4.79 Å².